The zero-order valence-electron chi connectivity index (χ0n) is 17.0. The predicted octanol–water partition coefficient (Wildman–Crippen LogP) is -0.494. The highest BCUT2D eigenvalue weighted by atomic mass is 31.1. The molecule has 3 rings (SSSR count). The van der Waals surface area contributed by atoms with Crippen LogP contribution in [-0.4, -0.2) is 51.6 Å². The lowest BCUT2D eigenvalue weighted by Crippen LogP contribution is -2.55. The molecule has 32 heavy (non-hydrogen) atoms. The molecule has 0 fully saturated rings. The third-order valence-corrected chi connectivity index (χ3v) is 5.89. The summed E-state index contributed by atoms with van der Waals surface area (Å²) in [6.45, 7) is 1.11. The van der Waals surface area contributed by atoms with Crippen LogP contribution in [0.1, 0.15) is 22.3 Å². The van der Waals surface area contributed by atoms with Crippen LogP contribution < -0.4 is 32.6 Å². The number of aliphatic carboxylic acids is 1. The van der Waals surface area contributed by atoms with Crippen molar-refractivity contribution >= 4 is 37.2 Å². The Balaban J connectivity index is 1.63. The summed E-state index contributed by atoms with van der Waals surface area (Å²) < 4.78 is 10.8. The van der Waals surface area contributed by atoms with Gasteiger partial charge in [-0.3, -0.25) is 14.6 Å². The first-order valence-corrected chi connectivity index (χ1v) is 11.1. The van der Waals surface area contributed by atoms with E-state index in [9.17, 15) is 28.9 Å². The highest BCUT2D eigenvalue weighted by molar-refractivity contribution is 7.36. The molecule has 13 heteroatoms. The van der Waals surface area contributed by atoms with Crippen LogP contribution in [0.5, 0.6) is 0 Å². The monoisotopic (exact) mass is 462 g/mol. The zero-order chi connectivity index (χ0) is 23.5. The molecular formula is C19H23N6O6P. The lowest BCUT2D eigenvalue weighted by molar-refractivity contribution is -0.164. The molecule has 0 aliphatic carbocycles. The van der Waals surface area contributed by atoms with Crippen molar-refractivity contribution in [3.63, 3.8) is 0 Å². The number of nitrogens with zero attached hydrogens (tertiary/aromatic N) is 1. The van der Waals surface area contributed by atoms with Crippen molar-refractivity contribution in [1.29, 1.82) is 0 Å². The Kier molecular flexibility index (Phi) is 6.87. The first-order chi connectivity index (χ1) is 15.1. The number of fused-ring (bicyclic) bond motifs is 1. The second kappa shape index (κ2) is 9.43. The number of aromatic amines is 1. The van der Waals surface area contributed by atoms with Crippen LogP contribution in [0.25, 0.3) is 0 Å². The molecule has 3 atom stereocenters. The van der Waals surface area contributed by atoms with Crippen molar-refractivity contribution < 1.29 is 24.2 Å². The average molecular weight is 462 g/mol. The van der Waals surface area contributed by atoms with Gasteiger partial charge in [-0.15, -0.1) is 0 Å². The number of carboxylic acid groups (broad SMARTS) is 1. The second-order valence-corrected chi connectivity index (χ2v) is 8.71. The number of anilines is 3. The molecule has 8 N–H and O–H groups in total. The van der Waals surface area contributed by atoms with Crippen LogP contribution in [0.3, 0.4) is 0 Å². The number of hydrogen-bond donors (Lipinski definition) is 6. The number of aromatic nitrogens is 2. The van der Waals surface area contributed by atoms with Gasteiger partial charge in [0.25, 0.3) is 5.56 Å². The third kappa shape index (κ3) is 5.10. The number of rotatable bonds is 9. The van der Waals surface area contributed by atoms with Gasteiger partial charge in [0.05, 0.1) is 5.56 Å². The Labute approximate surface area is 183 Å². The molecule has 0 bridgehead atoms. The Morgan fingerprint density at radius 2 is 2.03 bits per heavy atom. The smallest absolute Gasteiger partial charge is 0.332 e. The van der Waals surface area contributed by atoms with E-state index in [2.05, 4.69) is 20.6 Å². The van der Waals surface area contributed by atoms with Crippen LogP contribution in [-0.2, 0) is 15.8 Å². The van der Waals surface area contributed by atoms with Gasteiger partial charge < -0.3 is 32.1 Å². The molecule has 0 amide bonds. The summed E-state index contributed by atoms with van der Waals surface area (Å²) in [5, 5.41) is 15.7. The standard InChI is InChI=1S/C19H23N6O6P/c20-18-24-15-13(16(27)25-18)7-10(9-23-15)8-22-12-3-1-11(2-4-12)14(26)19(21,17(28)29)5-6-32(30)31/h1-4,10,22H,5-9,21H2,(H,28,29)(H4,20,23,24,25,27). The Bertz CT molecular complexity index is 1100. The number of nitrogens with two attached hydrogens (primary N) is 2. The molecule has 1 aromatic heterocycles. The summed E-state index contributed by atoms with van der Waals surface area (Å²) >= 11 is 0. The Hall–Kier alpha value is -3.34. The van der Waals surface area contributed by atoms with Crippen molar-refractivity contribution in [3.05, 3.63) is 45.7 Å². The fourth-order valence-corrected chi connectivity index (χ4v) is 3.98. The summed E-state index contributed by atoms with van der Waals surface area (Å²) in [6.07, 6.45) is -0.520. The minimum absolute atomic E-state index is 0.0544. The van der Waals surface area contributed by atoms with Gasteiger partial charge in [0.15, 0.2) is 11.3 Å². The third-order valence-electron chi connectivity index (χ3n) is 5.30. The molecule has 3 unspecified atom stereocenters. The number of carbonyl (C=O) groups is 2. The van der Waals surface area contributed by atoms with Gasteiger partial charge in [0.2, 0.25) is 5.95 Å². The maximum Gasteiger partial charge on any atom is 0.332 e. The molecule has 12 nitrogen and oxygen atoms in total. The number of hydrogen-bond acceptors (Lipinski definition) is 10. The SMILES string of the molecule is Nc1nc2c(c(=O)[nH]1)CC(CNc1ccc(C(=O)C(N)(CC[P+](=O)[O-])C(=O)O)cc1)CN2. The summed E-state index contributed by atoms with van der Waals surface area (Å²) in [6, 6.07) is 6.06. The van der Waals surface area contributed by atoms with E-state index in [0.717, 1.165) is 0 Å². The van der Waals surface area contributed by atoms with Crippen molar-refractivity contribution in [2.75, 3.05) is 35.6 Å². The van der Waals surface area contributed by atoms with E-state index >= 15 is 0 Å². The van der Waals surface area contributed by atoms with E-state index in [1.807, 2.05) is 0 Å². The van der Waals surface area contributed by atoms with Crippen molar-refractivity contribution in [1.82, 2.24) is 9.97 Å². The van der Waals surface area contributed by atoms with E-state index in [1.54, 1.807) is 12.1 Å². The predicted molar refractivity (Wildman–Crippen MR) is 116 cm³/mol. The summed E-state index contributed by atoms with van der Waals surface area (Å²) in [5.74, 6) is -1.83. The fourth-order valence-electron chi connectivity index (χ4n) is 3.44. The number of ketones is 1. The van der Waals surface area contributed by atoms with Crippen molar-refractivity contribution in [3.8, 4) is 0 Å². The number of benzene rings is 1. The minimum atomic E-state index is -2.86. The fraction of sp³-hybridized carbons (Fsp3) is 0.368. The molecule has 2 heterocycles. The average Bonchev–Trinajstić information content (AvgIpc) is 2.75. The highest BCUT2D eigenvalue weighted by Crippen LogP contribution is 2.23. The van der Waals surface area contributed by atoms with Crippen LogP contribution >= 0.6 is 8.03 Å². The molecule has 0 spiro atoms. The molecular weight excluding hydrogens is 439 g/mol. The van der Waals surface area contributed by atoms with Gasteiger partial charge in [0.1, 0.15) is 12.0 Å². The number of nitrogen functional groups attached to an aromatic ring is 1. The first kappa shape index (κ1) is 23.3. The quantitative estimate of drug-likeness (QED) is 0.159. The number of H-pyrrole nitrogens is 1. The van der Waals surface area contributed by atoms with Crippen molar-refractivity contribution in [2.45, 2.75) is 18.4 Å². The van der Waals surface area contributed by atoms with Crippen LogP contribution in [0.4, 0.5) is 17.5 Å². The molecule has 1 aliphatic heterocycles. The van der Waals surface area contributed by atoms with E-state index < -0.39 is 37.9 Å². The lowest BCUT2D eigenvalue weighted by Gasteiger charge is -2.25. The molecule has 0 saturated heterocycles. The maximum absolute atomic E-state index is 12.6. The van der Waals surface area contributed by atoms with E-state index in [0.29, 0.717) is 36.6 Å². The Morgan fingerprint density at radius 3 is 2.66 bits per heavy atom. The molecule has 1 aliphatic rings. The van der Waals surface area contributed by atoms with Crippen LogP contribution in [0.2, 0.25) is 0 Å². The summed E-state index contributed by atoms with van der Waals surface area (Å²) in [4.78, 5) is 53.6. The molecule has 1 aromatic carbocycles. The summed E-state index contributed by atoms with van der Waals surface area (Å²) in [7, 11) is -2.86. The first-order valence-electron chi connectivity index (χ1n) is 9.75. The van der Waals surface area contributed by atoms with Gasteiger partial charge in [-0.05, 0) is 36.6 Å². The largest absolute Gasteiger partial charge is 0.596 e. The van der Waals surface area contributed by atoms with E-state index in [1.165, 1.54) is 12.1 Å². The highest BCUT2D eigenvalue weighted by Gasteiger charge is 2.43. The van der Waals surface area contributed by atoms with Gasteiger partial charge in [0, 0.05) is 30.8 Å². The maximum atomic E-state index is 12.6. The number of carbonyl (C=O) groups excluding carboxylic acids is 1. The molecule has 0 radical (unpaired) electrons. The number of Topliss-reactive ketones (excluding diaryl/α,β-unsaturated/α-hetero) is 1. The van der Waals surface area contributed by atoms with Crippen molar-refractivity contribution in [2.24, 2.45) is 11.7 Å². The molecule has 2 aromatic rings. The number of nitrogens with one attached hydrogen (secondary N) is 3. The number of carboxylic acids is 1. The van der Waals surface area contributed by atoms with E-state index in [4.69, 9.17) is 11.5 Å². The minimum Gasteiger partial charge on any atom is -0.596 e. The molecule has 0 saturated carbocycles. The van der Waals surface area contributed by atoms with E-state index in [-0.39, 0.29) is 23.0 Å². The molecule has 170 valence electrons. The van der Waals surface area contributed by atoms with Gasteiger partial charge >= 0.3 is 14.0 Å². The van der Waals surface area contributed by atoms with Crippen LogP contribution in [0.15, 0.2) is 29.1 Å². The zero-order valence-corrected chi connectivity index (χ0v) is 17.9. The normalized spacial score (nSPS) is 17.4. The Morgan fingerprint density at radius 1 is 1.34 bits per heavy atom. The van der Waals surface area contributed by atoms with Gasteiger partial charge in [-0.25, -0.2) is 4.79 Å². The second-order valence-electron chi connectivity index (χ2n) is 7.60. The summed E-state index contributed by atoms with van der Waals surface area (Å²) in [5.41, 5.74) is 9.96. The van der Waals surface area contributed by atoms with Gasteiger partial charge in [-0.2, -0.15) is 4.98 Å². The topological polar surface area (TPSA) is 216 Å². The van der Waals surface area contributed by atoms with Gasteiger partial charge in [-0.1, -0.05) is 4.57 Å². The lowest BCUT2D eigenvalue weighted by atomic mass is 9.87. The van der Waals surface area contributed by atoms with Crippen LogP contribution in [0, 0.1) is 5.92 Å².